The Hall–Kier alpha value is -1.65. The maximum atomic E-state index is 11.3. The summed E-state index contributed by atoms with van der Waals surface area (Å²) in [5.41, 5.74) is -0.172. The Labute approximate surface area is 108 Å². The zero-order valence-electron chi connectivity index (χ0n) is 11.6. The van der Waals surface area contributed by atoms with Crippen molar-refractivity contribution in [1.29, 1.82) is 0 Å². The number of anilines is 1. The summed E-state index contributed by atoms with van der Waals surface area (Å²) in [5, 5.41) is 12.2. The van der Waals surface area contributed by atoms with Crippen LogP contribution in [0.5, 0.6) is 0 Å². The molecule has 1 rings (SSSR count). The van der Waals surface area contributed by atoms with Gasteiger partial charge in [-0.2, -0.15) is 0 Å². The average Bonchev–Trinajstić information content (AvgIpc) is 2.27. The van der Waals surface area contributed by atoms with Crippen LogP contribution in [0.4, 0.5) is 5.82 Å². The summed E-state index contributed by atoms with van der Waals surface area (Å²) < 4.78 is 0. The van der Waals surface area contributed by atoms with E-state index in [0.29, 0.717) is 12.2 Å². The molecule has 18 heavy (non-hydrogen) atoms. The van der Waals surface area contributed by atoms with Crippen LogP contribution in [0.2, 0.25) is 0 Å². The van der Waals surface area contributed by atoms with Gasteiger partial charge < -0.3 is 10.4 Å². The van der Waals surface area contributed by atoms with Gasteiger partial charge in [0.1, 0.15) is 17.2 Å². The van der Waals surface area contributed by atoms with Gasteiger partial charge >= 0.3 is 5.97 Å². The Morgan fingerprint density at radius 3 is 2.56 bits per heavy atom. The monoisotopic (exact) mass is 251 g/mol. The normalized spacial score (nSPS) is 14.3. The highest BCUT2D eigenvalue weighted by Gasteiger charge is 2.31. The lowest BCUT2D eigenvalue weighted by molar-refractivity contribution is -0.141. The first-order valence-corrected chi connectivity index (χ1v) is 6.15. The molecule has 2 N–H and O–H groups in total. The highest BCUT2D eigenvalue weighted by Crippen LogP contribution is 2.20. The molecule has 1 aromatic rings. The minimum atomic E-state index is -1.00. The van der Waals surface area contributed by atoms with E-state index in [9.17, 15) is 9.90 Å². The SMILES string of the molecule is CCC(C)(Nc1cc(C)nc(C(C)C)n1)C(=O)O. The number of aliphatic carboxylic acids is 1. The number of carboxylic acids is 1. The van der Waals surface area contributed by atoms with Gasteiger partial charge in [0.25, 0.3) is 0 Å². The number of aromatic nitrogens is 2. The van der Waals surface area contributed by atoms with Gasteiger partial charge in [0, 0.05) is 17.7 Å². The number of hydrogen-bond acceptors (Lipinski definition) is 4. The molecule has 100 valence electrons. The predicted octanol–water partition coefficient (Wildman–Crippen LogP) is 2.57. The van der Waals surface area contributed by atoms with Crippen molar-refractivity contribution in [2.24, 2.45) is 0 Å². The van der Waals surface area contributed by atoms with E-state index in [1.54, 1.807) is 13.0 Å². The lowest BCUT2D eigenvalue weighted by Crippen LogP contribution is -2.43. The quantitative estimate of drug-likeness (QED) is 0.841. The molecule has 0 aliphatic heterocycles. The number of hydrogen-bond donors (Lipinski definition) is 2. The third-order valence-corrected chi connectivity index (χ3v) is 2.97. The van der Waals surface area contributed by atoms with Crippen LogP contribution >= 0.6 is 0 Å². The second-order valence-electron chi connectivity index (χ2n) is 5.02. The number of nitrogens with zero attached hydrogens (tertiary/aromatic N) is 2. The van der Waals surface area contributed by atoms with E-state index in [2.05, 4.69) is 15.3 Å². The molecular formula is C13H21N3O2. The van der Waals surface area contributed by atoms with E-state index in [1.807, 2.05) is 27.7 Å². The molecule has 0 amide bonds. The van der Waals surface area contributed by atoms with Crippen molar-refractivity contribution in [3.05, 3.63) is 17.6 Å². The Morgan fingerprint density at radius 2 is 2.11 bits per heavy atom. The summed E-state index contributed by atoms with van der Waals surface area (Å²) in [6.45, 7) is 9.38. The van der Waals surface area contributed by atoms with E-state index >= 15 is 0 Å². The van der Waals surface area contributed by atoms with Crippen molar-refractivity contribution in [1.82, 2.24) is 9.97 Å². The third kappa shape index (κ3) is 3.18. The largest absolute Gasteiger partial charge is 0.480 e. The van der Waals surface area contributed by atoms with Crippen LogP contribution in [0.15, 0.2) is 6.07 Å². The van der Waals surface area contributed by atoms with E-state index in [0.717, 1.165) is 11.5 Å². The lowest BCUT2D eigenvalue weighted by atomic mass is 9.99. The molecule has 0 saturated heterocycles. The molecule has 0 fully saturated rings. The van der Waals surface area contributed by atoms with Crippen LogP contribution in [-0.2, 0) is 4.79 Å². The predicted molar refractivity (Wildman–Crippen MR) is 70.8 cm³/mol. The summed E-state index contributed by atoms with van der Waals surface area (Å²) in [5.74, 6) is 0.620. The molecule has 0 aromatic carbocycles. The van der Waals surface area contributed by atoms with E-state index in [4.69, 9.17) is 0 Å². The van der Waals surface area contributed by atoms with Gasteiger partial charge in [-0.15, -0.1) is 0 Å². The first kappa shape index (κ1) is 14.4. The van der Waals surface area contributed by atoms with E-state index < -0.39 is 11.5 Å². The highest BCUT2D eigenvalue weighted by molar-refractivity contribution is 5.81. The molecule has 1 aromatic heterocycles. The fraction of sp³-hybridized carbons (Fsp3) is 0.615. The zero-order valence-corrected chi connectivity index (χ0v) is 11.6. The summed E-state index contributed by atoms with van der Waals surface area (Å²) in [6.07, 6.45) is 0.475. The Balaban J connectivity index is 3.07. The van der Waals surface area contributed by atoms with E-state index in [1.165, 1.54) is 0 Å². The smallest absolute Gasteiger partial charge is 0.329 e. The van der Waals surface area contributed by atoms with Gasteiger partial charge in [0.15, 0.2) is 0 Å². The van der Waals surface area contributed by atoms with Crippen LogP contribution in [0.3, 0.4) is 0 Å². The van der Waals surface area contributed by atoms with Crippen LogP contribution in [-0.4, -0.2) is 26.6 Å². The van der Waals surface area contributed by atoms with Gasteiger partial charge in [-0.25, -0.2) is 14.8 Å². The maximum absolute atomic E-state index is 11.3. The van der Waals surface area contributed by atoms with Crippen molar-refractivity contribution >= 4 is 11.8 Å². The zero-order chi connectivity index (χ0) is 13.9. The van der Waals surface area contributed by atoms with Gasteiger partial charge in [-0.1, -0.05) is 20.8 Å². The Kier molecular flexibility index (Phi) is 4.27. The van der Waals surface area contributed by atoms with Gasteiger partial charge in [-0.3, -0.25) is 0 Å². The fourth-order valence-corrected chi connectivity index (χ4v) is 1.49. The highest BCUT2D eigenvalue weighted by atomic mass is 16.4. The standard InChI is InChI=1S/C13H21N3O2/c1-6-13(5,12(17)18)16-10-7-9(4)14-11(15-10)8(2)3/h7-8H,6H2,1-5H3,(H,17,18)(H,14,15,16). The van der Waals surface area contributed by atoms with Crippen LogP contribution in [0, 0.1) is 6.92 Å². The minimum absolute atomic E-state index is 0.211. The van der Waals surface area contributed by atoms with Crippen molar-refractivity contribution in [2.45, 2.75) is 52.5 Å². The summed E-state index contributed by atoms with van der Waals surface area (Å²) in [6, 6.07) is 1.77. The Bertz CT molecular complexity index is 446. The molecule has 0 aliphatic rings. The van der Waals surface area contributed by atoms with Crippen LogP contribution in [0.1, 0.15) is 51.6 Å². The minimum Gasteiger partial charge on any atom is -0.480 e. The number of rotatable bonds is 5. The average molecular weight is 251 g/mol. The van der Waals surface area contributed by atoms with E-state index in [-0.39, 0.29) is 5.92 Å². The topological polar surface area (TPSA) is 75.1 Å². The summed E-state index contributed by atoms with van der Waals surface area (Å²) in [4.78, 5) is 20.0. The molecule has 0 radical (unpaired) electrons. The molecule has 0 bridgehead atoms. The molecule has 1 unspecified atom stereocenters. The van der Waals surface area contributed by atoms with Crippen molar-refractivity contribution in [3.63, 3.8) is 0 Å². The number of aryl methyl sites for hydroxylation is 1. The first-order chi connectivity index (χ1) is 8.28. The lowest BCUT2D eigenvalue weighted by Gasteiger charge is -2.25. The molecular weight excluding hydrogens is 230 g/mol. The number of carboxylic acid groups (broad SMARTS) is 1. The molecule has 5 nitrogen and oxygen atoms in total. The molecule has 1 atom stereocenters. The third-order valence-electron chi connectivity index (χ3n) is 2.97. The van der Waals surface area contributed by atoms with Crippen LogP contribution < -0.4 is 5.32 Å². The maximum Gasteiger partial charge on any atom is 0.329 e. The van der Waals surface area contributed by atoms with Crippen molar-refractivity contribution < 1.29 is 9.90 Å². The van der Waals surface area contributed by atoms with Gasteiger partial charge in [0.2, 0.25) is 0 Å². The van der Waals surface area contributed by atoms with Crippen LogP contribution in [0.25, 0.3) is 0 Å². The van der Waals surface area contributed by atoms with Crippen molar-refractivity contribution in [3.8, 4) is 0 Å². The molecule has 1 heterocycles. The first-order valence-electron chi connectivity index (χ1n) is 6.15. The molecule has 0 spiro atoms. The molecule has 0 aliphatic carbocycles. The number of carbonyl (C=O) groups is 1. The summed E-state index contributed by atoms with van der Waals surface area (Å²) in [7, 11) is 0. The number of nitrogens with one attached hydrogen (secondary N) is 1. The second-order valence-corrected chi connectivity index (χ2v) is 5.02. The fourth-order valence-electron chi connectivity index (χ4n) is 1.49. The summed E-state index contributed by atoms with van der Waals surface area (Å²) >= 11 is 0. The molecule has 5 heteroatoms. The van der Waals surface area contributed by atoms with Gasteiger partial charge in [-0.05, 0) is 20.3 Å². The Morgan fingerprint density at radius 1 is 1.50 bits per heavy atom. The van der Waals surface area contributed by atoms with Crippen molar-refractivity contribution in [2.75, 3.05) is 5.32 Å². The van der Waals surface area contributed by atoms with Gasteiger partial charge in [0.05, 0.1) is 0 Å². The second kappa shape index (κ2) is 5.33. The molecule has 0 saturated carbocycles.